The third-order valence-corrected chi connectivity index (χ3v) is 13.8. The summed E-state index contributed by atoms with van der Waals surface area (Å²) in [6, 6.07) is 35.9. The Labute approximate surface area is 429 Å². The van der Waals surface area contributed by atoms with E-state index in [1.54, 1.807) is 110 Å². The predicted octanol–water partition coefficient (Wildman–Crippen LogP) is 9.79. The van der Waals surface area contributed by atoms with Crippen LogP contribution in [0.1, 0.15) is 116 Å². The zero-order chi connectivity index (χ0) is 52.3. The van der Waals surface area contributed by atoms with E-state index in [1.165, 1.54) is 30.3 Å². The summed E-state index contributed by atoms with van der Waals surface area (Å²) in [4.78, 5) is 84.9. The molecule has 0 spiro atoms. The first-order valence-corrected chi connectivity index (χ1v) is 24.6. The molecule has 6 aromatic rings. The number of pyridine rings is 1. The van der Waals surface area contributed by atoms with Gasteiger partial charge in [-0.1, -0.05) is 54.6 Å². The van der Waals surface area contributed by atoms with Crippen molar-refractivity contribution in [2.45, 2.75) is 76.8 Å². The fourth-order valence-corrected chi connectivity index (χ4v) is 9.38. The number of hydroxylamine groups is 1. The summed E-state index contributed by atoms with van der Waals surface area (Å²) in [6.45, 7) is 7.15. The van der Waals surface area contributed by atoms with Gasteiger partial charge in [0.15, 0.2) is 0 Å². The van der Waals surface area contributed by atoms with Crippen LogP contribution in [-0.2, 0) is 16.1 Å². The molecule has 74 heavy (non-hydrogen) atoms. The molecule has 376 valence electrons. The van der Waals surface area contributed by atoms with Crippen LogP contribution in [0.5, 0.6) is 0 Å². The van der Waals surface area contributed by atoms with Crippen molar-refractivity contribution in [1.29, 1.82) is 10.5 Å². The number of halogens is 1. The second kappa shape index (κ2) is 23.6. The van der Waals surface area contributed by atoms with Gasteiger partial charge in [0.25, 0.3) is 11.8 Å². The van der Waals surface area contributed by atoms with Crippen molar-refractivity contribution in [1.82, 2.24) is 25.4 Å². The largest absolute Gasteiger partial charge is 0.356 e. The van der Waals surface area contributed by atoms with E-state index in [-0.39, 0.29) is 41.3 Å². The molecule has 15 nitrogen and oxygen atoms in total. The van der Waals surface area contributed by atoms with Gasteiger partial charge < -0.3 is 30.6 Å². The second-order valence-electron chi connectivity index (χ2n) is 18.7. The minimum atomic E-state index is -1.46. The van der Waals surface area contributed by atoms with Gasteiger partial charge >= 0.3 is 18.0 Å². The predicted molar refractivity (Wildman–Crippen MR) is 276 cm³/mol. The third kappa shape index (κ3) is 12.6. The van der Waals surface area contributed by atoms with Gasteiger partial charge in [-0.2, -0.15) is 10.5 Å². The summed E-state index contributed by atoms with van der Waals surface area (Å²) in [5.41, 5.74) is 6.51. The van der Waals surface area contributed by atoms with Crippen molar-refractivity contribution in [3.63, 3.8) is 0 Å². The number of urea groups is 2. The maximum atomic E-state index is 14.6. The van der Waals surface area contributed by atoms with E-state index >= 15 is 0 Å². The van der Waals surface area contributed by atoms with Crippen LogP contribution >= 0.6 is 0 Å². The van der Waals surface area contributed by atoms with E-state index in [4.69, 9.17) is 4.84 Å². The molecule has 2 fully saturated rings. The van der Waals surface area contributed by atoms with E-state index in [0.29, 0.717) is 83.8 Å². The molecule has 16 heteroatoms. The van der Waals surface area contributed by atoms with Crippen LogP contribution in [0.15, 0.2) is 134 Å². The summed E-state index contributed by atoms with van der Waals surface area (Å²) in [7, 11) is 0. The molecule has 0 radical (unpaired) electrons. The summed E-state index contributed by atoms with van der Waals surface area (Å²) in [5, 5.41) is 27.5. The smallest absolute Gasteiger partial charge is 0.339 e. The van der Waals surface area contributed by atoms with Crippen LogP contribution in [-0.4, -0.2) is 76.9 Å². The summed E-state index contributed by atoms with van der Waals surface area (Å²) in [5.74, 6) is -1.60. The van der Waals surface area contributed by atoms with Crippen molar-refractivity contribution in [3.8, 4) is 12.1 Å². The van der Waals surface area contributed by atoms with Gasteiger partial charge in [-0.05, 0) is 159 Å². The molecule has 5 aromatic carbocycles. The van der Waals surface area contributed by atoms with Gasteiger partial charge in [-0.3, -0.25) is 14.6 Å². The number of hydrogen-bond donors (Lipinski definition) is 3. The SMILES string of the molecule is Cc1ccc(C(=O)N2CCC(c3ccc(C#N)cc3)CC2)cc1NC(=O)NC(Cc1ccc(F)cc1)C(=O)ON(C(=O)NC(C)c1ccccn1)c1cc(C(=O)N2CCC(c3ccc(C#N)cc3)CC2)ccc1C. The van der Waals surface area contributed by atoms with Gasteiger partial charge in [0, 0.05) is 55.6 Å². The van der Waals surface area contributed by atoms with Crippen LogP contribution in [0, 0.1) is 42.3 Å². The Hall–Kier alpha value is -8.89. The molecular formula is C58H56FN9O6. The van der Waals surface area contributed by atoms with Gasteiger partial charge in [0.2, 0.25) is 0 Å². The van der Waals surface area contributed by atoms with Crippen LogP contribution in [0.2, 0.25) is 0 Å². The Kier molecular flexibility index (Phi) is 16.4. The fourth-order valence-electron chi connectivity index (χ4n) is 9.38. The summed E-state index contributed by atoms with van der Waals surface area (Å²) in [6.07, 6.45) is 4.30. The quantitative estimate of drug-likeness (QED) is 0.0998. The number of rotatable bonds is 12. The van der Waals surface area contributed by atoms with Gasteiger partial charge in [0.05, 0.1) is 40.7 Å². The Balaban J connectivity index is 1.00. The molecule has 6 amide bonds. The number of nitrogens with one attached hydrogen (secondary N) is 3. The minimum absolute atomic E-state index is 0.0861. The highest BCUT2D eigenvalue weighted by atomic mass is 19.1. The Morgan fingerprint density at radius 3 is 1.77 bits per heavy atom. The number of carbonyl (C=O) groups excluding carboxylic acids is 5. The standard InChI is InChI=1S/C58H56FN9O6/c1-37-7-15-47(54(69)66-28-23-45(24-29-66)43-17-9-41(35-60)10-18-43)33-51(37)64-57(72)65-52(32-40-13-21-49(59)22-14-40)56(71)74-68(58(73)63-39(3)50-6-4-5-27-62-50)53-34-48(16-8-38(53)2)55(70)67-30-25-46(26-31-67)44-19-11-42(36-61)12-20-44/h4-22,27,33-34,39,45-46,52H,23-26,28-32H2,1-3H3,(H,63,73)(H2,64,65,72). The van der Waals surface area contributed by atoms with Crippen molar-refractivity contribution in [2.75, 3.05) is 36.6 Å². The molecule has 1 aromatic heterocycles. The fraction of sp³-hybridized carbons (Fsp3) is 0.276. The van der Waals surface area contributed by atoms with Crippen LogP contribution in [0.3, 0.4) is 0 Å². The van der Waals surface area contributed by atoms with Gasteiger partial charge in [0.1, 0.15) is 11.9 Å². The number of aryl methyl sites for hydroxylation is 2. The topological polar surface area (TPSA) is 201 Å². The maximum Gasteiger partial charge on any atom is 0.356 e. The zero-order valence-corrected chi connectivity index (χ0v) is 41.4. The Morgan fingerprint density at radius 2 is 1.24 bits per heavy atom. The lowest BCUT2D eigenvalue weighted by atomic mass is 9.89. The highest BCUT2D eigenvalue weighted by molar-refractivity contribution is 6.00. The van der Waals surface area contributed by atoms with Crippen LogP contribution in [0.25, 0.3) is 0 Å². The van der Waals surface area contributed by atoms with Crippen LogP contribution < -0.4 is 21.0 Å². The molecule has 0 saturated carbocycles. The van der Waals surface area contributed by atoms with Crippen molar-refractivity contribution in [3.05, 3.63) is 195 Å². The maximum absolute atomic E-state index is 14.6. The summed E-state index contributed by atoms with van der Waals surface area (Å²) < 4.78 is 14.1. The third-order valence-electron chi connectivity index (χ3n) is 13.8. The highest BCUT2D eigenvalue weighted by Gasteiger charge is 2.33. The van der Waals surface area contributed by atoms with E-state index < -0.39 is 35.9 Å². The molecule has 3 N–H and O–H groups in total. The van der Waals surface area contributed by atoms with Crippen LogP contribution in [0.4, 0.5) is 25.4 Å². The molecule has 2 aliphatic rings. The van der Waals surface area contributed by atoms with E-state index in [9.17, 15) is 38.9 Å². The number of piperidine rings is 2. The number of benzene rings is 5. The normalized spacial score (nSPS) is 14.6. The van der Waals surface area contributed by atoms with E-state index in [1.807, 2.05) is 24.3 Å². The number of anilines is 2. The van der Waals surface area contributed by atoms with Crippen molar-refractivity contribution < 1.29 is 33.2 Å². The number of amides is 6. The van der Waals surface area contributed by atoms with Crippen molar-refractivity contribution in [2.24, 2.45) is 0 Å². The molecule has 3 heterocycles. The lowest BCUT2D eigenvalue weighted by Crippen LogP contribution is -2.50. The van der Waals surface area contributed by atoms with E-state index in [2.05, 4.69) is 33.1 Å². The number of nitrogens with zero attached hydrogens (tertiary/aromatic N) is 6. The number of nitriles is 2. The molecule has 2 saturated heterocycles. The lowest BCUT2D eigenvalue weighted by Gasteiger charge is -2.33. The first kappa shape index (κ1) is 51.5. The van der Waals surface area contributed by atoms with Gasteiger partial charge in [-0.15, -0.1) is 5.06 Å². The molecular weight excluding hydrogens is 938 g/mol. The zero-order valence-electron chi connectivity index (χ0n) is 41.4. The lowest BCUT2D eigenvalue weighted by molar-refractivity contribution is -0.146. The number of carbonyl (C=O) groups is 5. The monoisotopic (exact) mass is 993 g/mol. The second-order valence-corrected chi connectivity index (χ2v) is 18.7. The first-order chi connectivity index (χ1) is 35.8. The molecule has 8 rings (SSSR count). The number of aromatic nitrogens is 1. The van der Waals surface area contributed by atoms with E-state index in [0.717, 1.165) is 29.0 Å². The van der Waals surface area contributed by atoms with Gasteiger partial charge in [-0.25, -0.2) is 18.8 Å². The summed E-state index contributed by atoms with van der Waals surface area (Å²) >= 11 is 0. The average molecular weight is 994 g/mol. The molecule has 0 aliphatic carbocycles. The number of hydrogen-bond acceptors (Lipinski definition) is 9. The Bertz CT molecular complexity index is 3090. The molecule has 2 aliphatic heterocycles. The highest BCUT2D eigenvalue weighted by Crippen LogP contribution is 2.32. The average Bonchev–Trinajstić information content (AvgIpc) is 3.43. The minimum Gasteiger partial charge on any atom is -0.339 e. The number of likely N-dealkylation sites (tertiary alicyclic amines) is 2. The Morgan fingerprint density at radius 1 is 0.703 bits per heavy atom. The molecule has 2 unspecified atom stereocenters. The molecule has 2 atom stereocenters. The van der Waals surface area contributed by atoms with Crippen molar-refractivity contribution >= 4 is 41.2 Å². The molecule has 0 bridgehead atoms. The first-order valence-electron chi connectivity index (χ1n) is 24.6.